The van der Waals surface area contributed by atoms with Gasteiger partial charge in [-0.3, -0.25) is 9.59 Å². The Balaban J connectivity index is 1.45. The summed E-state index contributed by atoms with van der Waals surface area (Å²) in [5.41, 5.74) is 0. The van der Waals surface area contributed by atoms with Crippen LogP contribution in [0.5, 0.6) is 5.75 Å². The van der Waals surface area contributed by atoms with Crippen molar-refractivity contribution in [3.8, 4) is 5.75 Å². The molecule has 3 rings (SSSR count). The third-order valence-electron chi connectivity index (χ3n) is 4.10. The van der Waals surface area contributed by atoms with Gasteiger partial charge in [0.25, 0.3) is 0 Å². The first-order chi connectivity index (χ1) is 11.1. The summed E-state index contributed by atoms with van der Waals surface area (Å²) in [7, 11) is 1.72. The molecule has 1 fully saturated rings. The van der Waals surface area contributed by atoms with Gasteiger partial charge in [-0.25, -0.2) is 0 Å². The zero-order valence-corrected chi connectivity index (χ0v) is 13.1. The molecule has 1 saturated heterocycles. The van der Waals surface area contributed by atoms with Crippen molar-refractivity contribution >= 4 is 22.6 Å². The minimum Gasteiger partial charge on any atom is -0.492 e. The van der Waals surface area contributed by atoms with Crippen LogP contribution in [0.25, 0.3) is 10.8 Å². The van der Waals surface area contributed by atoms with Crippen LogP contribution in [0, 0.1) is 5.92 Å². The number of ether oxygens (including phenoxy) is 1. The van der Waals surface area contributed by atoms with Crippen molar-refractivity contribution in [3.63, 3.8) is 0 Å². The fourth-order valence-corrected chi connectivity index (χ4v) is 2.78. The summed E-state index contributed by atoms with van der Waals surface area (Å²) >= 11 is 0. The largest absolute Gasteiger partial charge is 0.492 e. The molecule has 23 heavy (non-hydrogen) atoms. The minimum atomic E-state index is -0.242. The molecule has 2 amide bonds. The average molecular weight is 312 g/mol. The van der Waals surface area contributed by atoms with Crippen molar-refractivity contribution in [2.75, 3.05) is 26.7 Å². The second-order valence-electron chi connectivity index (χ2n) is 5.82. The molecule has 0 unspecified atom stereocenters. The highest BCUT2D eigenvalue weighted by Crippen LogP contribution is 2.20. The van der Waals surface area contributed by atoms with E-state index in [0.717, 1.165) is 11.1 Å². The number of carbonyl (C=O) groups is 2. The van der Waals surface area contributed by atoms with Gasteiger partial charge in [0.1, 0.15) is 12.4 Å². The predicted octanol–water partition coefficient (Wildman–Crippen LogP) is 1.81. The number of hydrogen-bond acceptors (Lipinski definition) is 3. The van der Waals surface area contributed by atoms with Crippen LogP contribution in [-0.2, 0) is 9.59 Å². The fourth-order valence-electron chi connectivity index (χ4n) is 2.78. The molecule has 0 bridgehead atoms. The summed E-state index contributed by atoms with van der Waals surface area (Å²) in [6.45, 7) is 1.33. The fraction of sp³-hybridized carbons (Fsp3) is 0.333. The Morgan fingerprint density at radius 2 is 2.04 bits per heavy atom. The zero-order chi connectivity index (χ0) is 16.2. The second-order valence-corrected chi connectivity index (χ2v) is 5.82. The van der Waals surface area contributed by atoms with Crippen LogP contribution in [0.4, 0.5) is 0 Å². The first kappa shape index (κ1) is 15.3. The van der Waals surface area contributed by atoms with Crippen LogP contribution in [0.15, 0.2) is 42.5 Å². The van der Waals surface area contributed by atoms with Crippen molar-refractivity contribution in [2.45, 2.75) is 6.42 Å². The molecule has 0 radical (unpaired) electrons. The summed E-state index contributed by atoms with van der Waals surface area (Å²) in [5.74, 6) is 0.490. The van der Waals surface area contributed by atoms with E-state index in [4.69, 9.17) is 4.74 Å². The number of carbonyl (C=O) groups excluding carboxylic acids is 2. The van der Waals surface area contributed by atoms with Crippen molar-refractivity contribution in [3.05, 3.63) is 42.5 Å². The number of hydrogen-bond donors (Lipinski definition) is 1. The maximum absolute atomic E-state index is 12.0. The van der Waals surface area contributed by atoms with Gasteiger partial charge in [-0.1, -0.05) is 30.3 Å². The first-order valence-electron chi connectivity index (χ1n) is 7.77. The monoisotopic (exact) mass is 312 g/mol. The number of nitrogens with one attached hydrogen (secondary N) is 1. The van der Waals surface area contributed by atoms with Gasteiger partial charge in [-0.05, 0) is 22.9 Å². The molecule has 0 aliphatic carbocycles. The smallest absolute Gasteiger partial charge is 0.225 e. The van der Waals surface area contributed by atoms with E-state index in [2.05, 4.69) is 11.4 Å². The molecule has 1 aliphatic rings. The van der Waals surface area contributed by atoms with Gasteiger partial charge in [0, 0.05) is 20.0 Å². The first-order valence-corrected chi connectivity index (χ1v) is 7.77. The molecular formula is C18H20N2O3. The molecule has 120 valence electrons. The molecule has 5 nitrogen and oxygen atoms in total. The highest BCUT2D eigenvalue weighted by Gasteiger charge is 2.31. The average Bonchev–Trinajstić information content (AvgIpc) is 2.90. The molecule has 2 aromatic rings. The van der Waals surface area contributed by atoms with E-state index in [1.54, 1.807) is 11.9 Å². The van der Waals surface area contributed by atoms with Crippen LogP contribution >= 0.6 is 0 Å². The minimum absolute atomic E-state index is 0.0255. The topological polar surface area (TPSA) is 58.6 Å². The van der Waals surface area contributed by atoms with Crippen LogP contribution < -0.4 is 10.1 Å². The maximum Gasteiger partial charge on any atom is 0.225 e. The van der Waals surface area contributed by atoms with Gasteiger partial charge >= 0.3 is 0 Å². The number of benzene rings is 2. The van der Waals surface area contributed by atoms with E-state index in [1.165, 1.54) is 5.39 Å². The summed E-state index contributed by atoms with van der Waals surface area (Å²) < 4.78 is 5.68. The van der Waals surface area contributed by atoms with Gasteiger partial charge in [0.2, 0.25) is 11.8 Å². The van der Waals surface area contributed by atoms with Gasteiger partial charge in [0.15, 0.2) is 0 Å². The third kappa shape index (κ3) is 3.62. The molecule has 0 aromatic heterocycles. The Bertz CT molecular complexity index is 729. The Morgan fingerprint density at radius 3 is 2.78 bits per heavy atom. The quantitative estimate of drug-likeness (QED) is 0.857. The highest BCUT2D eigenvalue weighted by atomic mass is 16.5. The van der Waals surface area contributed by atoms with Gasteiger partial charge in [-0.15, -0.1) is 0 Å². The molecule has 0 saturated carbocycles. The van der Waals surface area contributed by atoms with Crippen molar-refractivity contribution in [2.24, 2.45) is 5.92 Å². The molecule has 5 heteroatoms. The maximum atomic E-state index is 12.0. The molecule has 1 N–H and O–H groups in total. The zero-order valence-electron chi connectivity index (χ0n) is 13.1. The lowest BCUT2D eigenvalue weighted by molar-refractivity contribution is -0.128. The van der Waals surface area contributed by atoms with Gasteiger partial charge in [0.05, 0.1) is 12.5 Å². The van der Waals surface area contributed by atoms with E-state index < -0.39 is 0 Å². The number of fused-ring (bicyclic) bond motifs is 1. The summed E-state index contributed by atoms with van der Waals surface area (Å²) in [4.78, 5) is 25.0. The van der Waals surface area contributed by atoms with Crippen LogP contribution in [-0.4, -0.2) is 43.5 Å². The van der Waals surface area contributed by atoms with E-state index in [-0.39, 0.29) is 17.7 Å². The van der Waals surface area contributed by atoms with E-state index in [0.29, 0.717) is 26.1 Å². The third-order valence-corrected chi connectivity index (χ3v) is 4.10. The van der Waals surface area contributed by atoms with E-state index >= 15 is 0 Å². The van der Waals surface area contributed by atoms with Crippen molar-refractivity contribution in [1.82, 2.24) is 10.2 Å². The van der Waals surface area contributed by atoms with E-state index in [1.807, 2.05) is 36.4 Å². The Hall–Kier alpha value is -2.56. The predicted molar refractivity (Wildman–Crippen MR) is 88.2 cm³/mol. The number of amides is 2. The molecule has 1 aliphatic heterocycles. The number of nitrogens with zero attached hydrogens (tertiary/aromatic N) is 1. The standard InChI is InChI=1S/C18H20N2O3/c1-20-12-15(11-17(20)21)18(22)19-8-9-23-16-7-6-13-4-2-3-5-14(13)10-16/h2-7,10,15H,8-9,11-12H2,1H3,(H,19,22)/t15-/m0/s1. The molecule has 2 aromatic carbocycles. The Kier molecular flexibility index (Phi) is 4.46. The van der Waals surface area contributed by atoms with Crippen LogP contribution in [0.1, 0.15) is 6.42 Å². The van der Waals surface area contributed by atoms with Crippen molar-refractivity contribution in [1.29, 1.82) is 0 Å². The van der Waals surface area contributed by atoms with Crippen molar-refractivity contribution < 1.29 is 14.3 Å². The molecule has 1 heterocycles. The molecule has 0 spiro atoms. The summed E-state index contributed by atoms with van der Waals surface area (Å²) in [6, 6.07) is 14.0. The lowest BCUT2D eigenvalue weighted by Crippen LogP contribution is -2.34. The van der Waals surface area contributed by atoms with Gasteiger partial charge in [-0.2, -0.15) is 0 Å². The molecular weight excluding hydrogens is 292 g/mol. The van der Waals surface area contributed by atoms with E-state index in [9.17, 15) is 9.59 Å². The lowest BCUT2D eigenvalue weighted by atomic mass is 10.1. The number of rotatable bonds is 5. The Morgan fingerprint density at radius 1 is 1.26 bits per heavy atom. The normalized spacial score (nSPS) is 17.5. The van der Waals surface area contributed by atoms with Gasteiger partial charge < -0.3 is 15.0 Å². The molecule has 1 atom stereocenters. The summed E-state index contributed by atoms with van der Waals surface area (Å²) in [6.07, 6.45) is 0.299. The SMILES string of the molecule is CN1C[C@@H](C(=O)NCCOc2ccc3ccccc3c2)CC1=O. The highest BCUT2D eigenvalue weighted by molar-refractivity contribution is 5.89. The summed E-state index contributed by atoms with van der Waals surface area (Å²) in [5, 5.41) is 5.13. The second kappa shape index (κ2) is 6.69. The van der Waals surface area contributed by atoms with Crippen LogP contribution in [0.3, 0.4) is 0 Å². The number of likely N-dealkylation sites (tertiary alicyclic amines) is 1. The van der Waals surface area contributed by atoms with Crippen LogP contribution in [0.2, 0.25) is 0 Å². The Labute approximate surface area is 135 Å². The lowest BCUT2D eigenvalue weighted by Gasteiger charge is -2.12.